The van der Waals surface area contributed by atoms with Gasteiger partial charge < -0.3 is 4.90 Å². The van der Waals surface area contributed by atoms with E-state index in [-0.39, 0.29) is 16.5 Å². The predicted octanol–water partition coefficient (Wildman–Crippen LogP) is 2.28. The van der Waals surface area contributed by atoms with E-state index in [1.165, 1.54) is 6.33 Å². The molecule has 0 spiro atoms. The van der Waals surface area contributed by atoms with E-state index >= 15 is 0 Å². The van der Waals surface area contributed by atoms with Gasteiger partial charge in [-0.15, -0.1) is 0 Å². The molecular formula is C8H8ClF2N3. The molecule has 1 saturated heterocycles. The second-order valence-electron chi connectivity index (χ2n) is 3.04. The highest BCUT2D eigenvalue weighted by atomic mass is 35.5. The number of rotatable bonds is 2. The van der Waals surface area contributed by atoms with Crippen molar-refractivity contribution >= 4 is 17.4 Å². The van der Waals surface area contributed by atoms with E-state index in [1.807, 2.05) is 0 Å². The van der Waals surface area contributed by atoms with Gasteiger partial charge in [-0.25, -0.2) is 18.7 Å². The lowest BCUT2D eigenvalue weighted by atomic mass is 10.2. The molecule has 0 atom stereocenters. The van der Waals surface area contributed by atoms with Crippen LogP contribution in [-0.4, -0.2) is 23.1 Å². The predicted molar refractivity (Wildman–Crippen MR) is 48.8 cm³/mol. The van der Waals surface area contributed by atoms with Crippen molar-refractivity contribution in [2.24, 2.45) is 0 Å². The molecule has 3 nitrogen and oxygen atoms in total. The van der Waals surface area contributed by atoms with Crippen molar-refractivity contribution in [1.82, 2.24) is 9.97 Å². The Morgan fingerprint density at radius 3 is 2.57 bits per heavy atom. The third-order valence-corrected chi connectivity index (χ3v) is 2.49. The molecule has 2 heterocycles. The van der Waals surface area contributed by atoms with Gasteiger partial charge in [0.15, 0.2) is 0 Å². The van der Waals surface area contributed by atoms with Gasteiger partial charge in [0.2, 0.25) is 0 Å². The summed E-state index contributed by atoms with van der Waals surface area (Å²) in [5.41, 5.74) is -0.256. The molecular weight excluding hydrogens is 212 g/mol. The Bertz CT molecular complexity index is 341. The number of aromatic nitrogens is 2. The molecule has 14 heavy (non-hydrogen) atoms. The van der Waals surface area contributed by atoms with Gasteiger partial charge in [0.1, 0.15) is 17.3 Å². The van der Waals surface area contributed by atoms with Gasteiger partial charge in [0.25, 0.3) is 6.43 Å². The zero-order valence-electron chi connectivity index (χ0n) is 7.25. The first-order chi connectivity index (χ1) is 6.70. The Kier molecular flexibility index (Phi) is 2.50. The molecule has 1 fully saturated rings. The summed E-state index contributed by atoms with van der Waals surface area (Å²) < 4.78 is 25.2. The van der Waals surface area contributed by atoms with E-state index in [0.29, 0.717) is 0 Å². The summed E-state index contributed by atoms with van der Waals surface area (Å²) in [5, 5.41) is -0.156. The van der Waals surface area contributed by atoms with Crippen LogP contribution in [0.1, 0.15) is 18.4 Å². The smallest absolute Gasteiger partial charge is 0.270 e. The van der Waals surface area contributed by atoms with Gasteiger partial charge in [-0.2, -0.15) is 0 Å². The quantitative estimate of drug-likeness (QED) is 0.715. The van der Waals surface area contributed by atoms with Crippen LogP contribution < -0.4 is 4.90 Å². The fourth-order valence-corrected chi connectivity index (χ4v) is 1.54. The third kappa shape index (κ3) is 1.52. The molecule has 0 saturated carbocycles. The Morgan fingerprint density at radius 2 is 2.07 bits per heavy atom. The molecule has 0 unspecified atom stereocenters. The maximum absolute atomic E-state index is 12.6. The summed E-state index contributed by atoms with van der Waals surface area (Å²) in [7, 11) is 0. The minimum atomic E-state index is -2.63. The summed E-state index contributed by atoms with van der Waals surface area (Å²) in [6, 6.07) is 0. The van der Waals surface area contributed by atoms with Crippen molar-refractivity contribution in [1.29, 1.82) is 0 Å². The van der Waals surface area contributed by atoms with Crippen molar-refractivity contribution < 1.29 is 8.78 Å². The molecule has 0 aliphatic carbocycles. The molecule has 1 aliphatic heterocycles. The van der Waals surface area contributed by atoms with Crippen LogP contribution in [0, 0.1) is 0 Å². The maximum atomic E-state index is 12.6. The number of alkyl halides is 2. The average molecular weight is 220 g/mol. The molecule has 1 aliphatic rings. The molecule has 0 N–H and O–H groups in total. The lowest BCUT2D eigenvalue weighted by Crippen LogP contribution is -2.38. The second-order valence-corrected chi connectivity index (χ2v) is 3.40. The van der Waals surface area contributed by atoms with Gasteiger partial charge in [0.05, 0.1) is 5.56 Å². The Labute approximate surface area is 84.7 Å². The van der Waals surface area contributed by atoms with Crippen LogP contribution in [0.5, 0.6) is 0 Å². The van der Waals surface area contributed by atoms with E-state index in [1.54, 1.807) is 4.90 Å². The number of nitrogens with zero attached hydrogens (tertiary/aromatic N) is 3. The van der Waals surface area contributed by atoms with E-state index in [2.05, 4.69) is 9.97 Å². The van der Waals surface area contributed by atoms with Crippen LogP contribution in [0.2, 0.25) is 5.15 Å². The van der Waals surface area contributed by atoms with Crippen molar-refractivity contribution in [3.05, 3.63) is 17.0 Å². The van der Waals surface area contributed by atoms with Crippen LogP contribution in [0.4, 0.5) is 14.6 Å². The van der Waals surface area contributed by atoms with E-state index in [0.717, 1.165) is 19.5 Å². The van der Waals surface area contributed by atoms with Gasteiger partial charge >= 0.3 is 0 Å². The van der Waals surface area contributed by atoms with Crippen molar-refractivity contribution in [2.45, 2.75) is 12.8 Å². The van der Waals surface area contributed by atoms with Gasteiger partial charge in [0, 0.05) is 13.1 Å². The molecule has 1 aromatic heterocycles. The minimum Gasteiger partial charge on any atom is -0.356 e. The van der Waals surface area contributed by atoms with Crippen LogP contribution in [0.15, 0.2) is 6.33 Å². The Hall–Kier alpha value is -0.970. The zero-order chi connectivity index (χ0) is 10.1. The van der Waals surface area contributed by atoms with E-state index in [9.17, 15) is 8.78 Å². The summed E-state index contributed by atoms with van der Waals surface area (Å²) in [4.78, 5) is 9.16. The first kappa shape index (κ1) is 9.58. The molecule has 2 rings (SSSR count). The SMILES string of the molecule is FC(F)c1c(Cl)ncnc1N1CCC1. The number of hydrogen-bond acceptors (Lipinski definition) is 3. The highest BCUT2D eigenvalue weighted by Gasteiger charge is 2.26. The second kappa shape index (κ2) is 3.65. The standard InChI is InChI=1S/C8H8ClF2N3/c9-6-5(7(10)11)8(13-4-12-6)14-2-1-3-14/h4,7H,1-3H2. The number of anilines is 1. The van der Waals surface area contributed by atoms with Crippen LogP contribution >= 0.6 is 11.6 Å². The first-order valence-electron chi connectivity index (χ1n) is 4.23. The number of hydrogen-bond donors (Lipinski definition) is 0. The minimum absolute atomic E-state index is 0.156. The molecule has 1 aromatic rings. The average Bonchev–Trinajstić information content (AvgIpc) is 1.99. The molecule has 0 radical (unpaired) electrons. The van der Waals surface area contributed by atoms with Crippen molar-refractivity contribution in [2.75, 3.05) is 18.0 Å². The Balaban J connectivity index is 2.41. The van der Waals surface area contributed by atoms with Crippen molar-refractivity contribution in [3.8, 4) is 0 Å². The van der Waals surface area contributed by atoms with Crippen LogP contribution in [0.3, 0.4) is 0 Å². The molecule has 0 aromatic carbocycles. The molecule has 0 bridgehead atoms. The zero-order valence-corrected chi connectivity index (χ0v) is 8.01. The summed E-state index contributed by atoms with van der Waals surface area (Å²) in [6.45, 7) is 1.51. The van der Waals surface area contributed by atoms with Gasteiger partial charge in [-0.05, 0) is 6.42 Å². The van der Waals surface area contributed by atoms with E-state index in [4.69, 9.17) is 11.6 Å². The fourth-order valence-electron chi connectivity index (χ4n) is 1.33. The largest absolute Gasteiger partial charge is 0.356 e. The topological polar surface area (TPSA) is 29.0 Å². The summed E-state index contributed by atoms with van der Waals surface area (Å²) in [6.07, 6.45) is -0.411. The number of halogens is 3. The maximum Gasteiger partial charge on any atom is 0.270 e. The van der Waals surface area contributed by atoms with Gasteiger partial charge in [-0.3, -0.25) is 0 Å². The Morgan fingerprint density at radius 1 is 1.36 bits per heavy atom. The highest BCUT2D eigenvalue weighted by molar-refractivity contribution is 6.30. The molecule has 0 amide bonds. The normalized spacial score (nSPS) is 15.9. The summed E-state index contributed by atoms with van der Waals surface area (Å²) >= 11 is 5.59. The summed E-state index contributed by atoms with van der Waals surface area (Å²) in [5.74, 6) is 0.270. The van der Waals surface area contributed by atoms with Gasteiger partial charge in [-0.1, -0.05) is 11.6 Å². The third-order valence-electron chi connectivity index (χ3n) is 2.19. The lowest BCUT2D eigenvalue weighted by Gasteiger charge is -2.33. The molecule has 6 heteroatoms. The highest BCUT2D eigenvalue weighted by Crippen LogP contribution is 2.34. The fraction of sp³-hybridized carbons (Fsp3) is 0.500. The molecule has 76 valence electrons. The lowest BCUT2D eigenvalue weighted by molar-refractivity contribution is 0.151. The van der Waals surface area contributed by atoms with Crippen LogP contribution in [-0.2, 0) is 0 Å². The van der Waals surface area contributed by atoms with E-state index < -0.39 is 6.43 Å². The first-order valence-corrected chi connectivity index (χ1v) is 4.61. The van der Waals surface area contributed by atoms with Crippen LogP contribution in [0.25, 0.3) is 0 Å². The van der Waals surface area contributed by atoms with Crippen molar-refractivity contribution in [3.63, 3.8) is 0 Å². The monoisotopic (exact) mass is 219 g/mol.